The van der Waals surface area contributed by atoms with Gasteiger partial charge < -0.3 is 5.32 Å². The number of rotatable bonds is 5. The third kappa shape index (κ3) is 4.86. The summed E-state index contributed by atoms with van der Waals surface area (Å²) in [6.45, 7) is 0. The van der Waals surface area contributed by atoms with Crippen molar-refractivity contribution in [2.75, 3.05) is 5.32 Å². The summed E-state index contributed by atoms with van der Waals surface area (Å²) in [6.07, 6.45) is 2.62. The van der Waals surface area contributed by atoms with E-state index in [0.29, 0.717) is 28.8 Å². The normalized spacial score (nSPS) is 12.7. The van der Waals surface area contributed by atoms with Gasteiger partial charge in [0, 0.05) is 35.7 Å². The molecule has 0 atom stereocenters. The SMILES string of the molecule is O=C(CCc1nc2ccccc2c(=O)n1C1CC1)Nc1cccc(C#Cc2ccccc2)c1. The van der Waals surface area contributed by atoms with Gasteiger partial charge in [-0.3, -0.25) is 14.2 Å². The lowest BCUT2D eigenvalue weighted by atomic mass is 10.1. The highest BCUT2D eigenvalue weighted by atomic mass is 16.1. The number of para-hydroxylation sites is 1. The van der Waals surface area contributed by atoms with Crippen molar-refractivity contribution < 1.29 is 4.79 Å². The molecule has 1 fully saturated rings. The average molecular weight is 434 g/mol. The summed E-state index contributed by atoms with van der Waals surface area (Å²) in [4.78, 5) is 30.3. The highest BCUT2D eigenvalue weighted by molar-refractivity contribution is 5.91. The first kappa shape index (κ1) is 20.7. The number of nitrogens with zero attached hydrogens (tertiary/aromatic N) is 2. The van der Waals surface area contributed by atoms with Gasteiger partial charge in [0.1, 0.15) is 5.82 Å². The summed E-state index contributed by atoms with van der Waals surface area (Å²) < 4.78 is 1.79. The molecular weight excluding hydrogens is 410 g/mol. The van der Waals surface area contributed by atoms with Crippen LogP contribution >= 0.6 is 0 Å². The smallest absolute Gasteiger partial charge is 0.261 e. The number of hydrogen-bond donors (Lipinski definition) is 1. The fraction of sp³-hybridized carbons (Fsp3) is 0.179. The Labute approximate surface area is 192 Å². The van der Waals surface area contributed by atoms with E-state index in [1.54, 1.807) is 4.57 Å². The molecule has 0 bridgehead atoms. The van der Waals surface area contributed by atoms with E-state index in [1.165, 1.54) is 0 Å². The number of anilines is 1. The number of benzene rings is 3. The third-order valence-corrected chi connectivity index (χ3v) is 5.64. The highest BCUT2D eigenvalue weighted by Crippen LogP contribution is 2.34. The van der Waals surface area contributed by atoms with Crippen LogP contribution in [0.5, 0.6) is 0 Å². The molecule has 1 amide bonds. The number of nitrogens with one attached hydrogen (secondary N) is 1. The Morgan fingerprint density at radius 2 is 1.67 bits per heavy atom. The van der Waals surface area contributed by atoms with Crippen LogP contribution in [-0.4, -0.2) is 15.5 Å². The molecule has 5 heteroatoms. The van der Waals surface area contributed by atoms with Gasteiger partial charge in [0.05, 0.1) is 10.9 Å². The van der Waals surface area contributed by atoms with Crippen molar-refractivity contribution in [1.29, 1.82) is 0 Å². The third-order valence-electron chi connectivity index (χ3n) is 5.64. The molecule has 1 aliphatic carbocycles. The molecule has 1 aliphatic rings. The Bertz CT molecular complexity index is 1440. The fourth-order valence-electron chi connectivity index (χ4n) is 3.87. The Kier molecular flexibility index (Phi) is 5.73. The van der Waals surface area contributed by atoms with Crippen molar-refractivity contribution in [3.8, 4) is 11.8 Å². The minimum absolute atomic E-state index is 0.0109. The molecule has 1 heterocycles. The molecule has 0 unspecified atom stereocenters. The van der Waals surface area contributed by atoms with Gasteiger partial charge in [-0.05, 0) is 55.3 Å². The summed E-state index contributed by atoms with van der Waals surface area (Å²) in [5.74, 6) is 6.82. The molecule has 0 saturated heterocycles. The number of carbonyl (C=O) groups is 1. The van der Waals surface area contributed by atoms with Gasteiger partial charge >= 0.3 is 0 Å². The zero-order chi connectivity index (χ0) is 22.6. The second kappa shape index (κ2) is 9.13. The van der Waals surface area contributed by atoms with Gasteiger partial charge in [0.25, 0.3) is 5.56 Å². The molecule has 1 saturated carbocycles. The summed E-state index contributed by atoms with van der Waals surface area (Å²) in [5, 5.41) is 3.58. The summed E-state index contributed by atoms with van der Waals surface area (Å²) >= 11 is 0. The largest absolute Gasteiger partial charge is 0.326 e. The highest BCUT2D eigenvalue weighted by Gasteiger charge is 2.28. The Morgan fingerprint density at radius 1 is 0.939 bits per heavy atom. The van der Waals surface area contributed by atoms with Crippen LogP contribution in [0.1, 0.15) is 42.3 Å². The maximum absolute atomic E-state index is 13.0. The molecule has 33 heavy (non-hydrogen) atoms. The van der Waals surface area contributed by atoms with Gasteiger partial charge in [-0.2, -0.15) is 0 Å². The van der Waals surface area contributed by atoms with Crippen molar-refractivity contribution in [1.82, 2.24) is 9.55 Å². The van der Waals surface area contributed by atoms with Crippen molar-refractivity contribution in [3.05, 3.63) is 106 Å². The van der Waals surface area contributed by atoms with Crippen LogP contribution in [-0.2, 0) is 11.2 Å². The summed E-state index contributed by atoms with van der Waals surface area (Å²) in [6, 6.07) is 24.9. The number of hydrogen-bond acceptors (Lipinski definition) is 3. The van der Waals surface area contributed by atoms with Gasteiger partial charge in [0.15, 0.2) is 0 Å². The van der Waals surface area contributed by atoms with E-state index in [0.717, 1.165) is 24.0 Å². The van der Waals surface area contributed by atoms with Crippen molar-refractivity contribution >= 4 is 22.5 Å². The van der Waals surface area contributed by atoms with Crippen LogP contribution < -0.4 is 10.9 Å². The number of amides is 1. The Morgan fingerprint density at radius 3 is 2.48 bits per heavy atom. The molecule has 5 nitrogen and oxygen atoms in total. The first-order valence-electron chi connectivity index (χ1n) is 11.1. The maximum Gasteiger partial charge on any atom is 0.261 e. The number of aryl methyl sites for hydroxylation is 1. The first-order chi connectivity index (χ1) is 16.2. The topological polar surface area (TPSA) is 64.0 Å². The zero-order valence-electron chi connectivity index (χ0n) is 18.1. The van der Waals surface area contributed by atoms with E-state index in [9.17, 15) is 9.59 Å². The lowest BCUT2D eigenvalue weighted by molar-refractivity contribution is -0.116. The van der Waals surface area contributed by atoms with Crippen molar-refractivity contribution in [2.24, 2.45) is 0 Å². The van der Waals surface area contributed by atoms with Crippen LogP contribution in [0.4, 0.5) is 5.69 Å². The molecule has 4 aromatic rings. The quantitative estimate of drug-likeness (QED) is 0.464. The van der Waals surface area contributed by atoms with Crippen LogP contribution in [0.2, 0.25) is 0 Å². The molecule has 0 spiro atoms. The maximum atomic E-state index is 13.0. The summed E-state index contributed by atoms with van der Waals surface area (Å²) in [7, 11) is 0. The monoisotopic (exact) mass is 433 g/mol. The molecule has 5 rings (SSSR count). The molecule has 1 N–H and O–H groups in total. The van der Waals surface area contributed by atoms with E-state index in [2.05, 4.69) is 17.2 Å². The lowest BCUT2D eigenvalue weighted by Gasteiger charge is -2.13. The second-order valence-electron chi connectivity index (χ2n) is 8.20. The minimum atomic E-state index is -0.118. The van der Waals surface area contributed by atoms with Gasteiger partial charge in [-0.1, -0.05) is 48.2 Å². The molecule has 3 aromatic carbocycles. The second-order valence-corrected chi connectivity index (χ2v) is 8.20. The van der Waals surface area contributed by atoms with E-state index >= 15 is 0 Å². The van der Waals surface area contributed by atoms with E-state index in [4.69, 9.17) is 4.98 Å². The van der Waals surface area contributed by atoms with Crippen molar-refractivity contribution in [2.45, 2.75) is 31.7 Å². The van der Waals surface area contributed by atoms with E-state index < -0.39 is 0 Å². The molecule has 162 valence electrons. The molecule has 1 aromatic heterocycles. The van der Waals surface area contributed by atoms with Gasteiger partial charge in [0.2, 0.25) is 5.91 Å². The number of fused-ring (bicyclic) bond motifs is 1. The predicted molar refractivity (Wildman–Crippen MR) is 130 cm³/mol. The Hall–Kier alpha value is -4.17. The Balaban J connectivity index is 1.29. The van der Waals surface area contributed by atoms with Crippen LogP contribution in [0, 0.1) is 11.8 Å². The van der Waals surface area contributed by atoms with Gasteiger partial charge in [-0.25, -0.2) is 4.98 Å². The summed E-state index contributed by atoms with van der Waals surface area (Å²) in [5.41, 5.74) is 3.14. The van der Waals surface area contributed by atoms with Crippen LogP contribution in [0.15, 0.2) is 83.7 Å². The zero-order valence-corrected chi connectivity index (χ0v) is 18.1. The number of carbonyl (C=O) groups excluding carboxylic acids is 1. The predicted octanol–water partition coefficient (Wildman–Crippen LogP) is 4.70. The van der Waals surface area contributed by atoms with E-state index in [1.807, 2.05) is 78.9 Å². The lowest BCUT2D eigenvalue weighted by Crippen LogP contribution is -2.25. The first-order valence-corrected chi connectivity index (χ1v) is 11.1. The average Bonchev–Trinajstić information content (AvgIpc) is 3.68. The van der Waals surface area contributed by atoms with Crippen molar-refractivity contribution in [3.63, 3.8) is 0 Å². The molecule has 0 aliphatic heterocycles. The van der Waals surface area contributed by atoms with Crippen LogP contribution in [0.25, 0.3) is 10.9 Å². The van der Waals surface area contributed by atoms with Crippen LogP contribution in [0.3, 0.4) is 0 Å². The molecule has 0 radical (unpaired) electrons. The van der Waals surface area contributed by atoms with E-state index in [-0.39, 0.29) is 23.9 Å². The standard InChI is InChI=1S/C28H23N3O2/c32-27(29-22-10-6-9-21(19-22)14-13-20-7-2-1-3-8-20)18-17-26-30-25-12-5-4-11-24(25)28(33)31(26)23-15-16-23/h1-12,19,23H,15-18H2,(H,29,32). The number of aromatic nitrogens is 2. The minimum Gasteiger partial charge on any atom is -0.326 e. The fourth-order valence-corrected chi connectivity index (χ4v) is 3.87. The molecular formula is C28H23N3O2. The van der Waals surface area contributed by atoms with Gasteiger partial charge in [-0.15, -0.1) is 0 Å².